The Labute approximate surface area is 132 Å². The maximum atomic E-state index is 12.6. The molecule has 0 unspecified atom stereocenters. The molecular weight excluding hydrogens is 313 g/mol. The summed E-state index contributed by atoms with van der Waals surface area (Å²) in [6, 6.07) is 7.32. The Bertz CT molecular complexity index is 627. The molecule has 0 aliphatic carbocycles. The summed E-state index contributed by atoms with van der Waals surface area (Å²) < 4.78 is 0. The summed E-state index contributed by atoms with van der Waals surface area (Å²) in [5.41, 5.74) is 1.72. The predicted octanol–water partition coefficient (Wildman–Crippen LogP) is 2.73. The van der Waals surface area contributed by atoms with Crippen LogP contribution in [0.4, 0.5) is 5.69 Å². The lowest BCUT2D eigenvalue weighted by Crippen LogP contribution is -2.34. The summed E-state index contributed by atoms with van der Waals surface area (Å²) in [4.78, 5) is 21.6. The van der Waals surface area contributed by atoms with E-state index in [1.807, 2.05) is 19.1 Å². The Morgan fingerprint density at radius 2 is 1.76 bits per heavy atom. The number of aliphatic hydroxyl groups excluding tert-OH is 1. The normalized spacial score (nSPS) is 10.5. The van der Waals surface area contributed by atoms with Gasteiger partial charge >= 0.3 is 0 Å². The second-order valence-corrected chi connectivity index (χ2v) is 5.06. The second kappa shape index (κ2) is 6.85. The van der Waals surface area contributed by atoms with Crippen molar-refractivity contribution in [1.82, 2.24) is 9.97 Å². The number of aryl methyl sites for hydroxylation is 1. The largest absolute Gasteiger partial charge is 0.395 e. The van der Waals surface area contributed by atoms with Crippen LogP contribution in [0.1, 0.15) is 15.9 Å². The molecular formula is C14H13Cl2N3O2. The number of anilines is 1. The highest BCUT2D eigenvalue weighted by molar-refractivity contribution is 6.39. The molecule has 0 aliphatic rings. The first-order valence-electron chi connectivity index (χ1n) is 6.20. The zero-order valence-electron chi connectivity index (χ0n) is 11.3. The summed E-state index contributed by atoms with van der Waals surface area (Å²) >= 11 is 11.9. The van der Waals surface area contributed by atoms with E-state index < -0.39 is 5.91 Å². The minimum absolute atomic E-state index is 0.0185. The van der Waals surface area contributed by atoms with E-state index in [0.717, 1.165) is 5.56 Å². The van der Waals surface area contributed by atoms with Gasteiger partial charge in [-0.25, -0.2) is 9.97 Å². The number of benzene rings is 1. The SMILES string of the molecule is Cc1ccc(N(CCO)C(=O)c2c(Cl)ncnc2Cl)cc1. The molecule has 110 valence electrons. The van der Waals surface area contributed by atoms with E-state index in [1.54, 1.807) is 12.1 Å². The number of halogens is 2. The van der Waals surface area contributed by atoms with Crippen molar-refractivity contribution in [2.45, 2.75) is 6.92 Å². The molecule has 0 saturated heterocycles. The Kier molecular flexibility index (Phi) is 5.12. The van der Waals surface area contributed by atoms with E-state index in [-0.39, 0.29) is 29.0 Å². The maximum absolute atomic E-state index is 12.6. The third kappa shape index (κ3) is 3.50. The molecule has 2 rings (SSSR count). The van der Waals surface area contributed by atoms with Crippen LogP contribution in [0.25, 0.3) is 0 Å². The standard InChI is InChI=1S/C14H13Cl2N3O2/c1-9-2-4-10(5-3-9)19(6-7-20)14(21)11-12(15)17-8-18-13(11)16/h2-5,8,20H,6-7H2,1H3. The number of hydrogen-bond acceptors (Lipinski definition) is 4. The van der Waals surface area contributed by atoms with E-state index in [4.69, 9.17) is 23.2 Å². The number of aromatic nitrogens is 2. The van der Waals surface area contributed by atoms with Gasteiger partial charge in [0.1, 0.15) is 22.2 Å². The van der Waals surface area contributed by atoms with Crippen LogP contribution in [0, 0.1) is 6.92 Å². The molecule has 7 heteroatoms. The molecule has 1 aromatic carbocycles. The van der Waals surface area contributed by atoms with E-state index >= 15 is 0 Å². The minimum atomic E-state index is -0.455. The van der Waals surface area contributed by atoms with E-state index in [0.29, 0.717) is 5.69 Å². The van der Waals surface area contributed by atoms with Crippen molar-refractivity contribution < 1.29 is 9.90 Å². The number of rotatable bonds is 4. The first-order chi connectivity index (χ1) is 10.0. The molecule has 1 amide bonds. The molecule has 0 saturated carbocycles. The lowest BCUT2D eigenvalue weighted by Gasteiger charge is -2.22. The van der Waals surface area contributed by atoms with E-state index in [9.17, 15) is 9.90 Å². The summed E-state index contributed by atoms with van der Waals surface area (Å²) in [7, 11) is 0. The first kappa shape index (κ1) is 15.7. The third-order valence-electron chi connectivity index (χ3n) is 2.88. The van der Waals surface area contributed by atoms with Crippen molar-refractivity contribution in [3.8, 4) is 0 Å². The minimum Gasteiger partial charge on any atom is -0.395 e. The van der Waals surface area contributed by atoms with Gasteiger partial charge in [0.2, 0.25) is 0 Å². The quantitative estimate of drug-likeness (QED) is 0.878. The molecule has 0 fully saturated rings. The molecule has 0 bridgehead atoms. The van der Waals surface area contributed by atoms with Crippen molar-refractivity contribution in [3.63, 3.8) is 0 Å². The van der Waals surface area contributed by atoms with Crippen molar-refractivity contribution in [2.75, 3.05) is 18.1 Å². The number of hydrogen-bond donors (Lipinski definition) is 1. The van der Waals surface area contributed by atoms with Crippen LogP contribution < -0.4 is 4.90 Å². The molecule has 0 aliphatic heterocycles. The fourth-order valence-electron chi connectivity index (χ4n) is 1.83. The lowest BCUT2D eigenvalue weighted by molar-refractivity contribution is 0.0980. The van der Waals surface area contributed by atoms with Gasteiger partial charge in [0.25, 0.3) is 5.91 Å². The smallest absolute Gasteiger partial charge is 0.264 e. The van der Waals surface area contributed by atoms with Gasteiger partial charge in [-0.1, -0.05) is 40.9 Å². The van der Waals surface area contributed by atoms with Crippen LogP contribution in [0.2, 0.25) is 10.3 Å². The number of amides is 1. The van der Waals surface area contributed by atoms with Crippen LogP contribution in [0.3, 0.4) is 0 Å². The summed E-state index contributed by atoms with van der Waals surface area (Å²) in [6.45, 7) is 1.87. The highest BCUT2D eigenvalue weighted by Gasteiger charge is 2.23. The number of carbonyl (C=O) groups excluding carboxylic acids is 1. The van der Waals surface area contributed by atoms with Gasteiger partial charge < -0.3 is 10.0 Å². The molecule has 1 aromatic heterocycles. The number of nitrogens with zero attached hydrogens (tertiary/aromatic N) is 3. The van der Waals surface area contributed by atoms with Crippen LogP contribution in [0.5, 0.6) is 0 Å². The van der Waals surface area contributed by atoms with Gasteiger partial charge in [0, 0.05) is 12.2 Å². The highest BCUT2D eigenvalue weighted by atomic mass is 35.5. The van der Waals surface area contributed by atoms with Gasteiger partial charge in [-0.3, -0.25) is 4.79 Å². The lowest BCUT2D eigenvalue weighted by atomic mass is 10.2. The Morgan fingerprint density at radius 1 is 1.19 bits per heavy atom. The number of carbonyl (C=O) groups is 1. The van der Waals surface area contributed by atoms with Crippen molar-refractivity contribution in [1.29, 1.82) is 0 Å². The fourth-order valence-corrected chi connectivity index (χ4v) is 2.30. The number of aliphatic hydroxyl groups is 1. The molecule has 1 heterocycles. The van der Waals surface area contributed by atoms with E-state index in [1.165, 1.54) is 11.2 Å². The molecule has 21 heavy (non-hydrogen) atoms. The summed E-state index contributed by atoms with van der Waals surface area (Å²) in [5, 5.41) is 9.16. The zero-order chi connectivity index (χ0) is 15.4. The topological polar surface area (TPSA) is 66.3 Å². The Balaban J connectivity index is 2.42. The van der Waals surface area contributed by atoms with Crippen molar-refractivity contribution >= 4 is 34.8 Å². The van der Waals surface area contributed by atoms with Gasteiger partial charge in [0.05, 0.1) is 6.61 Å². The fraction of sp³-hybridized carbons (Fsp3) is 0.214. The van der Waals surface area contributed by atoms with Crippen LogP contribution >= 0.6 is 23.2 Å². The molecule has 0 radical (unpaired) electrons. The molecule has 0 spiro atoms. The highest BCUT2D eigenvalue weighted by Crippen LogP contribution is 2.25. The first-order valence-corrected chi connectivity index (χ1v) is 6.95. The predicted molar refractivity (Wildman–Crippen MR) is 82.0 cm³/mol. The van der Waals surface area contributed by atoms with Gasteiger partial charge in [0.15, 0.2) is 0 Å². The Hall–Kier alpha value is -1.69. The summed E-state index contributed by atoms with van der Waals surface area (Å²) in [5.74, 6) is -0.455. The van der Waals surface area contributed by atoms with Crippen LogP contribution in [-0.2, 0) is 0 Å². The molecule has 1 N–H and O–H groups in total. The molecule has 5 nitrogen and oxygen atoms in total. The van der Waals surface area contributed by atoms with Crippen molar-refractivity contribution in [2.24, 2.45) is 0 Å². The van der Waals surface area contributed by atoms with E-state index in [2.05, 4.69) is 9.97 Å². The zero-order valence-corrected chi connectivity index (χ0v) is 12.8. The maximum Gasteiger partial charge on any atom is 0.264 e. The van der Waals surface area contributed by atoms with Gasteiger partial charge in [-0.05, 0) is 19.1 Å². The van der Waals surface area contributed by atoms with Gasteiger partial charge in [-0.2, -0.15) is 0 Å². The summed E-state index contributed by atoms with van der Waals surface area (Å²) in [6.07, 6.45) is 1.18. The van der Waals surface area contributed by atoms with Crippen LogP contribution in [-0.4, -0.2) is 34.1 Å². The Morgan fingerprint density at radius 3 is 2.29 bits per heavy atom. The van der Waals surface area contributed by atoms with Gasteiger partial charge in [-0.15, -0.1) is 0 Å². The molecule has 2 aromatic rings. The monoisotopic (exact) mass is 325 g/mol. The third-order valence-corrected chi connectivity index (χ3v) is 3.46. The van der Waals surface area contributed by atoms with Crippen LogP contribution in [0.15, 0.2) is 30.6 Å². The average Bonchev–Trinajstić information content (AvgIpc) is 2.45. The van der Waals surface area contributed by atoms with Crippen molar-refractivity contribution in [3.05, 3.63) is 52.0 Å². The second-order valence-electron chi connectivity index (χ2n) is 4.35. The molecule has 0 atom stereocenters. The average molecular weight is 326 g/mol.